The molecule has 0 atom stereocenters. The average molecular weight is 353 g/mol. The molecule has 0 spiro atoms. The van der Waals surface area contributed by atoms with Crippen molar-refractivity contribution in [3.8, 4) is 0 Å². The van der Waals surface area contributed by atoms with Gasteiger partial charge in [0.25, 0.3) is 0 Å². The molecule has 0 saturated carbocycles. The summed E-state index contributed by atoms with van der Waals surface area (Å²) < 4.78 is 5.03. The second-order valence-corrected chi connectivity index (χ2v) is 6.99. The van der Waals surface area contributed by atoms with E-state index in [1.165, 1.54) is 0 Å². The lowest BCUT2D eigenvalue weighted by Crippen LogP contribution is -2.45. The normalized spacial score (nSPS) is 16.4. The molecule has 3 aromatic rings. The minimum atomic E-state index is 0.0866. The van der Waals surface area contributed by atoms with Crippen LogP contribution in [-0.2, 0) is 13.1 Å². The molecule has 3 heterocycles. The highest BCUT2D eigenvalue weighted by molar-refractivity contribution is 5.79. The molecule has 0 bridgehead atoms. The highest BCUT2D eigenvalue weighted by atomic mass is 16.5. The van der Waals surface area contributed by atoms with Crippen molar-refractivity contribution < 1.29 is 4.52 Å². The standard InChI is InChI=1S/C19H23N5O2/c1-13-3-4-17-16(9-13)18(25)10-15(21-17)11-23-5-7-24(8-6-23)12-19-20-14(2)26-22-19/h3-4,9-10H,5-8,11-12H2,1-2H3,(H,21,25). The van der Waals surface area contributed by atoms with Crippen LogP contribution in [0.25, 0.3) is 10.9 Å². The van der Waals surface area contributed by atoms with Gasteiger partial charge in [-0.25, -0.2) is 0 Å². The van der Waals surface area contributed by atoms with Gasteiger partial charge < -0.3 is 9.51 Å². The van der Waals surface area contributed by atoms with Gasteiger partial charge in [0.2, 0.25) is 5.89 Å². The van der Waals surface area contributed by atoms with Gasteiger partial charge in [-0.05, 0) is 19.1 Å². The highest BCUT2D eigenvalue weighted by Gasteiger charge is 2.19. The molecule has 0 radical (unpaired) electrons. The molecule has 2 aromatic heterocycles. The molecule has 0 unspecified atom stereocenters. The summed E-state index contributed by atoms with van der Waals surface area (Å²) >= 11 is 0. The number of benzene rings is 1. The fourth-order valence-corrected chi connectivity index (χ4v) is 3.45. The summed E-state index contributed by atoms with van der Waals surface area (Å²) in [6.45, 7) is 9.08. The van der Waals surface area contributed by atoms with Crippen LogP contribution in [0.15, 0.2) is 33.6 Å². The zero-order valence-corrected chi connectivity index (χ0v) is 15.2. The first kappa shape index (κ1) is 16.9. The van der Waals surface area contributed by atoms with Crippen LogP contribution in [0.4, 0.5) is 0 Å². The Morgan fingerprint density at radius 3 is 2.50 bits per heavy atom. The zero-order chi connectivity index (χ0) is 18.1. The molecule has 7 nitrogen and oxygen atoms in total. The lowest BCUT2D eigenvalue weighted by atomic mass is 10.1. The van der Waals surface area contributed by atoms with Gasteiger partial charge in [-0.15, -0.1) is 0 Å². The van der Waals surface area contributed by atoms with E-state index in [1.807, 2.05) is 25.1 Å². The van der Waals surface area contributed by atoms with Gasteiger partial charge in [0, 0.05) is 62.3 Å². The predicted octanol–water partition coefficient (Wildman–Crippen LogP) is 1.85. The van der Waals surface area contributed by atoms with Crippen molar-refractivity contribution in [3.05, 3.63) is 57.5 Å². The van der Waals surface area contributed by atoms with E-state index in [-0.39, 0.29) is 5.43 Å². The molecule has 1 aromatic carbocycles. The van der Waals surface area contributed by atoms with Crippen molar-refractivity contribution in [3.63, 3.8) is 0 Å². The van der Waals surface area contributed by atoms with Gasteiger partial charge >= 0.3 is 0 Å². The lowest BCUT2D eigenvalue weighted by Gasteiger charge is -2.33. The Morgan fingerprint density at radius 2 is 1.81 bits per heavy atom. The Balaban J connectivity index is 1.39. The summed E-state index contributed by atoms with van der Waals surface area (Å²) in [5, 5.41) is 4.72. The van der Waals surface area contributed by atoms with Gasteiger partial charge in [0.1, 0.15) is 0 Å². The Kier molecular flexibility index (Phi) is 4.57. The summed E-state index contributed by atoms with van der Waals surface area (Å²) in [6.07, 6.45) is 0. The van der Waals surface area contributed by atoms with Gasteiger partial charge in [-0.3, -0.25) is 14.6 Å². The molecule has 4 rings (SSSR count). The quantitative estimate of drug-likeness (QED) is 0.771. The number of hydrogen-bond acceptors (Lipinski definition) is 6. The highest BCUT2D eigenvalue weighted by Crippen LogP contribution is 2.13. The van der Waals surface area contributed by atoms with Crippen LogP contribution < -0.4 is 5.43 Å². The number of fused-ring (bicyclic) bond motifs is 1. The van der Waals surface area contributed by atoms with Crippen LogP contribution in [0.5, 0.6) is 0 Å². The maximum Gasteiger partial charge on any atom is 0.223 e. The largest absolute Gasteiger partial charge is 0.357 e. The summed E-state index contributed by atoms with van der Waals surface area (Å²) in [5.74, 6) is 1.35. The van der Waals surface area contributed by atoms with Crippen LogP contribution >= 0.6 is 0 Å². The third-order valence-electron chi connectivity index (χ3n) is 4.83. The molecule has 26 heavy (non-hydrogen) atoms. The third kappa shape index (κ3) is 3.68. The van der Waals surface area contributed by atoms with Crippen molar-refractivity contribution in [1.29, 1.82) is 0 Å². The number of nitrogens with one attached hydrogen (secondary N) is 1. The zero-order valence-electron chi connectivity index (χ0n) is 15.2. The van der Waals surface area contributed by atoms with Gasteiger partial charge in [-0.2, -0.15) is 4.98 Å². The van der Waals surface area contributed by atoms with Crippen molar-refractivity contribution in [2.24, 2.45) is 0 Å². The number of rotatable bonds is 4. The van der Waals surface area contributed by atoms with Crippen molar-refractivity contribution in [2.45, 2.75) is 26.9 Å². The SMILES string of the molecule is Cc1ccc2[nH]c(CN3CCN(Cc4noc(C)n4)CC3)cc(=O)c2c1. The minimum Gasteiger partial charge on any atom is -0.357 e. The van der Waals surface area contributed by atoms with E-state index >= 15 is 0 Å². The molecule has 1 fully saturated rings. The van der Waals surface area contributed by atoms with Gasteiger partial charge in [0.05, 0.1) is 6.54 Å². The molecule has 1 N–H and O–H groups in total. The van der Waals surface area contributed by atoms with E-state index in [4.69, 9.17) is 4.52 Å². The topological polar surface area (TPSA) is 78.3 Å². The Bertz CT molecular complexity index is 969. The summed E-state index contributed by atoms with van der Waals surface area (Å²) in [6, 6.07) is 7.69. The van der Waals surface area contributed by atoms with E-state index < -0.39 is 0 Å². The van der Waals surface area contributed by atoms with Crippen LogP contribution in [0, 0.1) is 13.8 Å². The Labute approximate surface area is 151 Å². The number of aromatic amines is 1. The molecule has 0 aliphatic carbocycles. The molecule has 0 amide bonds. The number of aryl methyl sites for hydroxylation is 2. The monoisotopic (exact) mass is 353 g/mol. The van der Waals surface area contributed by atoms with Crippen LogP contribution in [0.1, 0.15) is 23.0 Å². The lowest BCUT2D eigenvalue weighted by molar-refractivity contribution is 0.118. The van der Waals surface area contributed by atoms with Crippen LogP contribution in [0.2, 0.25) is 0 Å². The summed E-state index contributed by atoms with van der Waals surface area (Å²) in [4.78, 5) is 24.7. The smallest absolute Gasteiger partial charge is 0.223 e. The summed E-state index contributed by atoms with van der Waals surface area (Å²) in [7, 11) is 0. The number of hydrogen-bond donors (Lipinski definition) is 1. The first-order valence-corrected chi connectivity index (χ1v) is 8.93. The Hall–Kier alpha value is -2.51. The van der Waals surface area contributed by atoms with E-state index in [0.29, 0.717) is 5.89 Å². The molecule has 1 aliphatic heterocycles. The third-order valence-corrected chi connectivity index (χ3v) is 4.83. The maximum atomic E-state index is 12.4. The number of nitrogens with zero attached hydrogens (tertiary/aromatic N) is 4. The number of H-pyrrole nitrogens is 1. The molecule has 7 heteroatoms. The molecular formula is C19H23N5O2. The summed E-state index contributed by atoms with van der Waals surface area (Å²) in [5.41, 5.74) is 3.06. The first-order chi connectivity index (χ1) is 12.6. The predicted molar refractivity (Wildman–Crippen MR) is 98.9 cm³/mol. The molecule has 1 saturated heterocycles. The second-order valence-electron chi connectivity index (χ2n) is 6.99. The first-order valence-electron chi connectivity index (χ1n) is 8.93. The molecule has 136 valence electrons. The average Bonchev–Trinajstić information content (AvgIpc) is 3.02. The van der Waals surface area contributed by atoms with Crippen molar-refractivity contribution >= 4 is 10.9 Å². The van der Waals surface area contributed by atoms with Crippen LogP contribution in [0.3, 0.4) is 0 Å². The van der Waals surface area contributed by atoms with Gasteiger partial charge in [0.15, 0.2) is 11.3 Å². The van der Waals surface area contributed by atoms with Crippen molar-refractivity contribution in [2.75, 3.05) is 26.2 Å². The van der Waals surface area contributed by atoms with Crippen molar-refractivity contribution in [1.82, 2.24) is 24.9 Å². The fourth-order valence-electron chi connectivity index (χ4n) is 3.45. The van der Waals surface area contributed by atoms with E-state index in [9.17, 15) is 4.79 Å². The number of pyridine rings is 1. The van der Waals surface area contributed by atoms with E-state index in [2.05, 4.69) is 24.9 Å². The second kappa shape index (κ2) is 7.01. The number of piperazine rings is 1. The van der Waals surface area contributed by atoms with Gasteiger partial charge in [-0.1, -0.05) is 16.8 Å². The maximum absolute atomic E-state index is 12.4. The van der Waals surface area contributed by atoms with Crippen LogP contribution in [-0.4, -0.2) is 51.1 Å². The van der Waals surface area contributed by atoms with E-state index in [1.54, 1.807) is 13.0 Å². The number of aromatic nitrogens is 3. The minimum absolute atomic E-state index is 0.0866. The fraction of sp³-hybridized carbons (Fsp3) is 0.421. The molecule has 1 aliphatic rings. The molecular weight excluding hydrogens is 330 g/mol. The van der Waals surface area contributed by atoms with E-state index in [0.717, 1.165) is 67.3 Å². The Morgan fingerprint density at radius 1 is 1.08 bits per heavy atom.